The predicted octanol–water partition coefficient (Wildman–Crippen LogP) is 19.8. The molecule has 0 radical (unpaired) electrons. The fraction of sp³-hybridized carbons (Fsp3) is 0.111. The molecule has 2 heteroatoms. The van der Waals surface area contributed by atoms with Crippen molar-refractivity contribution in [2.75, 3.05) is 9.80 Å². The van der Waals surface area contributed by atoms with Crippen LogP contribution in [0.4, 0.5) is 34.1 Å². The smallest absolute Gasteiger partial charge is 0.0468 e. The average molecular weight is 949 g/mol. The summed E-state index contributed by atoms with van der Waals surface area (Å²) in [7, 11) is 0. The zero-order valence-electron chi connectivity index (χ0n) is 42.4. The largest absolute Gasteiger partial charge is 0.310 e. The number of allylic oxidation sites excluding steroid dienone is 1. The Labute approximate surface area is 434 Å². The lowest BCUT2D eigenvalue weighted by Crippen LogP contribution is -2.17. The van der Waals surface area contributed by atoms with Gasteiger partial charge in [-0.15, -0.1) is 0 Å². The van der Waals surface area contributed by atoms with Crippen LogP contribution in [0.3, 0.4) is 0 Å². The Morgan fingerprint density at radius 3 is 1.14 bits per heavy atom. The highest BCUT2D eigenvalue weighted by Crippen LogP contribution is 2.53. The number of fused-ring (bicyclic) bond motifs is 10. The van der Waals surface area contributed by atoms with E-state index >= 15 is 0 Å². The van der Waals surface area contributed by atoms with Gasteiger partial charge in [-0.2, -0.15) is 0 Å². The highest BCUT2D eigenvalue weighted by Gasteiger charge is 2.38. The molecule has 0 bridgehead atoms. The molecule has 0 heterocycles. The summed E-state index contributed by atoms with van der Waals surface area (Å²) >= 11 is 0. The van der Waals surface area contributed by atoms with Crippen LogP contribution >= 0.6 is 0 Å². The molecule has 0 atom stereocenters. The SMILES string of the molecule is CC1(C)c2cc(/C=C/c3ccc4c(c3)C(C)(C)c3cc(N(c5ccc6ccccc6c5)c5ccc6ccccc6c5)ccc3-4)ccc2-c2ccc(N(c3ccc4c(c3)C=CCC4)c3ccc4ccccc4c3)cc21. The maximum Gasteiger partial charge on any atom is 0.0468 e. The molecular formula is C72H56N2. The minimum atomic E-state index is -0.202. The zero-order chi connectivity index (χ0) is 49.7. The Balaban J connectivity index is 0.772. The monoisotopic (exact) mass is 948 g/mol. The van der Waals surface area contributed by atoms with Crippen LogP contribution in [0.15, 0.2) is 224 Å². The summed E-state index contributed by atoms with van der Waals surface area (Å²) in [6.45, 7) is 9.57. The Bertz CT molecular complexity index is 4080. The van der Waals surface area contributed by atoms with Crippen LogP contribution in [0.2, 0.25) is 0 Å². The molecule has 3 aliphatic rings. The molecule has 0 amide bonds. The van der Waals surface area contributed by atoms with Crippen LogP contribution in [-0.2, 0) is 17.3 Å². The van der Waals surface area contributed by atoms with E-state index < -0.39 is 0 Å². The summed E-state index contributed by atoms with van der Waals surface area (Å²) in [6, 6.07) is 81.8. The fourth-order valence-electron chi connectivity index (χ4n) is 12.6. The molecule has 0 spiro atoms. The molecule has 0 saturated heterocycles. The standard InChI is InChI=1S/C72H56N2/c1-71(2)67-39-47(23-35-63(67)65-37-33-61(45-69(65)71)73(57-29-25-49-13-5-9-17-53(49)41-57)58-30-26-50-14-6-10-18-54(50)42-58)21-22-48-24-36-64-66-38-34-62(46-70(66)72(3,4)68(64)40-48)74(59-31-27-51-15-7-11-19-55(51)43-59)60-32-28-52-16-8-12-20-56(52)44-60/h5-7,9-15,17-46H,8,16H2,1-4H3/b22-21+. The first kappa shape index (κ1) is 44.0. The second-order valence-electron chi connectivity index (χ2n) is 21.7. The van der Waals surface area contributed by atoms with E-state index in [1.165, 1.54) is 110 Å². The number of hydrogen-bond donors (Lipinski definition) is 0. The number of rotatable bonds is 8. The number of aryl methyl sites for hydroxylation is 1. The Kier molecular flexibility index (Phi) is 10.1. The van der Waals surface area contributed by atoms with Crippen LogP contribution < -0.4 is 9.80 Å². The molecule has 14 rings (SSSR count). The lowest BCUT2D eigenvalue weighted by molar-refractivity contribution is 0.660. The van der Waals surface area contributed by atoms with E-state index in [0.29, 0.717) is 0 Å². The van der Waals surface area contributed by atoms with Gasteiger partial charge in [0.25, 0.3) is 0 Å². The summed E-state index contributed by atoms with van der Waals surface area (Å²) in [5.41, 5.74) is 22.4. The fourth-order valence-corrected chi connectivity index (χ4v) is 12.6. The minimum Gasteiger partial charge on any atom is -0.310 e. The molecule has 0 saturated carbocycles. The molecule has 11 aromatic rings. The van der Waals surface area contributed by atoms with Gasteiger partial charge in [-0.05, 0) is 185 Å². The van der Waals surface area contributed by atoms with E-state index in [1.807, 2.05) is 0 Å². The van der Waals surface area contributed by atoms with Gasteiger partial charge in [0, 0.05) is 45.0 Å². The van der Waals surface area contributed by atoms with Gasteiger partial charge in [0.05, 0.1) is 0 Å². The minimum absolute atomic E-state index is 0.196. The molecule has 0 unspecified atom stereocenters. The Morgan fingerprint density at radius 1 is 0.338 bits per heavy atom. The van der Waals surface area contributed by atoms with Crippen molar-refractivity contribution < 1.29 is 0 Å². The second-order valence-corrected chi connectivity index (χ2v) is 21.7. The predicted molar refractivity (Wildman–Crippen MR) is 316 cm³/mol. The van der Waals surface area contributed by atoms with Gasteiger partial charge < -0.3 is 9.80 Å². The summed E-state index contributed by atoms with van der Waals surface area (Å²) < 4.78 is 0. The van der Waals surface area contributed by atoms with E-state index in [4.69, 9.17) is 0 Å². The molecule has 354 valence electrons. The van der Waals surface area contributed by atoms with Gasteiger partial charge >= 0.3 is 0 Å². The maximum absolute atomic E-state index is 2.45. The van der Waals surface area contributed by atoms with Crippen LogP contribution in [0.1, 0.15) is 78.6 Å². The summed E-state index contributed by atoms with van der Waals surface area (Å²) in [6.07, 6.45) is 11.4. The van der Waals surface area contributed by atoms with Crippen molar-refractivity contribution in [2.45, 2.75) is 51.4 Å². The number of benzene rings is 11. The highest BCUT2D eigenvalue weighted by atomic mass is 15.1. The van der Waals surface area contributed by atoms with Gasteiger partial charge in [0.15, 0.2) is 0 Å². The molecule has 11 aromatic carbocycles. The topological polar surface area (TPSA) is 6.48 Å². The second kappa shape index (κ2) is 16.9. The molecule has 0 fully saturated rings. The van der Waals surface area contributed by atoms with Gasteiger partial charge in [0.2, 0.25) is 0 Å². The van der Waals surface area contributed by atoms with Crippen LogP contribution in [-0.4, -0.2) is 0 Å². The first-order valence-corrected chi connectivity index (χ1v) is 26.3. The number of hydrogen-bond acceptors (Lipinski definition) is 2. The van der Waals surface area contributed by atoms with Crippen molar-refractivity contribution in [1.29, 1.82) is 0 Å². The molecular weight excluding hydrogens is 893 g/mol. The van der Waals surface area contributed by atoms with Gasteiger partial charge in [0.1, 0.15) is 0 Å². The Hall–Kier alpha value is -8.72. The molecule has 3 aliphatic carbocycles. The molecule has 0 aliphatic heterocycles. The lowest BCUT2D eigenvalue weighted by Gasteiger charge is -2.29. The van der Waals surface area contributed by atoms with Crippen molar-refractivity contribution in [3.8, 4) is 22.3 Å². The first-order valence-electron chi connectivity index (χ1n) is 26.3. The van der Waals surface area contributed by atoms with Crippen molar-refractivity contribution in [3.05, 3.63) is 269 Å². The highest BCUT2D eigenvalue weighted by molar-refractivity contribution is 5.95. The van der Waals surface area contributed by atoms with Crippen LogP contribution in [0.5, 0.6) is 0 Å². The molecule has 0 aromatic heterocycles. The quantitative estimate of drug-likeness (QED) is 0.140. The zero-order valence-corrected chi connectivity index (χ0v) is 42.4. The third kappa shape index (κ3) is 7.23. The van der Waals surface area contributed by atoms with E-state index in [0.717, 1.165) is 35.6 Å². The Morgan fingerprint density at radius 2 is 0.689 bits per heavy atom. The normalized spacial score (nSPS) is 14.5. The van der Waals surface area contributed by atoms with Crippen molar-refractivity contribution in [3.63, 3.8) is 0 Å². The molecule has 2 nitrogen and oxygen atoms in total. The maximum atomic E-state index is 2.45. The van der Waals surface area contributed by atoms with Crippen LogP contribution in [0, 0.1) is 0 Å². The van der Waals surface area contributed by atoms with Crippen molar-refractivity contribution in [1.82, 2.24) is 0 Å². The average Bonchev–Trinajstić information content (AvgIpc) is 3.82. The lowest BCUT2D eigenvalue weighted by atomic mass is 9.81. The van der Waals surface area contributed by atoms with Crippen LogP contribution in [0.25, 0.3) is 72.8 Å². The van der Waals surface area contributed by atoms with Crippen molar-refractivity contribution in [2.24, 2.45) is 0 Å². The number of nitrogens with zero attached hydrogens (tertiary/aromatic N) is 2. The molecule has 0 N–H and O–H groups in total. The summed E-state index contributed by atoms with van der Waals surface area (Å²) in [5.74, 6) is 0. The summed E-state index contributed by atoms with van der Waals surface area (Å²) in [4.78, 5) is 4.88. The van der Waals surface area contributed by atoms with Crippen molar-refractivity contribution >= 4 is 84.7 Å². The van der Waals surface area contributed by atoms with E-state index in [-0.39, 0.29) is 10.8 Å². The number of anilines is 6. The van der Waals surface area contributed by atoms with Gasteiger partial charge in [-0.1, -0.05) is 198 Å². The first-order chi connectivity index (χ1) is 36.1. The third-order valence-electron chi connectivity index (χ3n) is 16.6. The summed E-state index contributed by atoms with van der Waals surface area (Å²) in [5, 5.41) is 7.43. The van der Waals surface area contributed by atoms with Gasteiger partial charge in [-0.25, -0.2) is 0 Å². The molecule has 74 heavy (non-hydrogen) atoms. The third-order valence-corrected chi connectivity index (χ3v) is 16.6. The van der Waals surface area contributed by atoms with E-state index in [2.05, 4.69) is 280 Å². The van der Waals surface area contributed by atoms with Gasteiger partial charge in [-0.3, -0.25) is 0 Å². The van der Waals surface area contributed by atoms with E-state index in [1.54, 1.807) is 0 Å². The van der Waals surface area contributed by atoms with E-state index in [9.17, 15) is 0 Å².